The first-order valence-corrected chi connectivity index (χ1v) is 8.89. The van der Waals surface area contributed by atoms with Crippen LogP contribution in [0.2, 0.25) is 0 Å². The second kappa shape index (κ2) is 6.06. The lowest BCUT2D eigenvalue weighted by atomic mass is 9.85. The van der Waals surface area contributed by atoms with E-state index in [4.69, 9.17) is 0 Å². The monoisotopic (exact) mass is 320 g/mol. The average Bonchev–Trinajstić information content (AvgIpc) is 3.04. The summed E-state index contributed by atoms with van der Waals surface area (Å²) in [5.74, 6) is 0.132. The number of benzene rings is 2. The Balaban J connectivity index is 1.71. The molecule has 1 amide bonds. The van der Waals surface area contributed by atoms with E-state index in [0.717, 1.165) is 18.7 Å². The molecule has 0 radical (unpaired) electrons. The van der Waals surface area contributed by atoms with Crippen LogP contribution in [0.4, 0.5) is 5.69 Å². The summed E-state index contributed by atoms with van der Waals surface area (Å²) in [6, 6.07) is 13.9. The lowest BCUT2D eigenvalue weighted by Gasteiger charge is -2.26. The third-order valence-corrected chi connectivity index (χ3v) is 5.50. The van der Waals surface area contributed by atoms with Crippen LogP contribution in [-0.2, 0) is 17.6 Å². The van der Waals surface area contributed by atoms with E-state index in [1.807, 2.05) is 4.90 Å². The first-order valence-electron chi connectivity index (χ1n) is 8.89. The molecule has 1 atom stereocenters. The molecule has 0 fully saturated rings. The van der Waals surface area contributed by atoms with Gasteiger partial charge < -0.3 is 10.2 Å². The van der Waals surface area contributed by atoms with Crippen LogP contribution in [0.3, 0.4) is 0 Å². The van der Waals surface area contributed by atoms with Crippen molar-refractivity contribution in [2.75, 3.05) is 18.5 Å². The van der Waals surface area contributed by atoms with E-state index in [0.29, 0.717) is 6.04 Å². The van der Waals surface area contributed by atoms with Gasteiger partial charge in [-0.1, -0.05) is 18.2 Å². The molecule has 2 aromatic rings. The normalized spacial score (nSPS) is 19.1. The molecular formula is C21H24N2O. The smallest absolute Gasteiger partial charge is 0.223 e. The number of anilines is 1. The highest BCUT2D eigenvalue weighted by Crippen LogP contribution is 2.36. The number of amides is 1. The van der Waals surface area contributed by atoms with E-state index < -0.39 is 0 Å². The van der Waals surface area contributed by atoms with E-state index in [1.165, 1.54) is 47.1 Å². The molecule has 0 saturated heterocycles. The summed E-state index contributed by atoms with van der Waals surface area (Å²) in [5, 5.41) is 3.45. The van der Waals surface area contributed by atoms with Crippen LogP contribution >= 0.6 is 0 Å². The van der Waals surface area contributed by atoms with Crippen LogP contribution < -0.4 is 10.2 Å². The SMILES string of the molecule is CNC1CCCc2ccc(-c3ccc4c(c3)CCN4C(C)=O)cc21. The minimum Gasteiger partial charge on any atom is -0.313 e. The summed E-state index contributed by atoms with van der Waals surface area (Å²) >= 11 is 0. The summed E-state index contributed by atoms with van der Waals surface area (Å²) in [5.41, 5.74) is 7.82. The molecule has 1 heterocycles. The Labute approximate surface area is 143 Å². The molecule has 124 valence electrons. The maximum Gasteiger partial charge on any atom is 0.223 e. The van der Waals surface area contributed by atoms with Crippen molar-refractivity contribution in [1.29, 1.82) is 0 Å². The molecule has 24 heavy (non-hydrogen) atoms. The zero-order valence-corrected chi connectivity index (χ0v) is 14.4. The Kier molecular flexibility index (Phi) is 3.89. The van der Waals surface area contributed by atoms with Gasteiger partial charge in [0.15, 0.2) is 0 Å². The molecule has 0 aromatic heterocycles. The second-order valence-electron chi connectivity index (χ2n) is 6.91. The molecule has 0 saturated carbocycles. The number of nitrogens with zero attached hydrogens (tertiary/aromatic N) is 1. The molecule has 1 aliphatic carbocycles. The number of carbonyl (C=O) groups is 1. The topological polar surface area (TPSA) is 32.3 Å². The molecular weight excluding hydrogens is 296 g/mol. The maximum atomic E-state index is 11.7. The Hall–Kier alpha value is -2.13. The molecule has 2 aliphatic rings. The van der Waals surface area contributed by atoms with Crippen molar-refractivity contribution >= 4 is 11.6 Å². The lowest BCUT2D eigenvalue weighted by Crippen LogP contribution is -2.25. The first kappa shape index (κ1) is 15.4. The third-order valence-electron chi connectivity index (χ3n) is 5.50. The third kappa shape index (κ3) is 2.53. The Morgan fingerprint density at radius 1 is 1.08 bits per heavy atom. The number of fused-ring (bicyclic) bond motifs is 2. The molecule has 4 rings (SSSR count). The van der Waals surface area contributed by atoms with Crippen LogP contribution in [0.5, 0.6) is 0 Å². The number of hydrogen-bond acceptors (Lipinski definition) is 2. The van der Waals surface area contributed by atoms with Crippen LogP contribution in [-0.4, -0.2) is 19.5 Å². The number of hydrogen-bond donors (Lipinski definition) is 1. The number of carbonyl (C=O) groups excluding carboxylic acids is 1. The number of nitrogens with one attached hydrogen (secondary N) is 1. The predicted molar refractivity (Wildman–Crippen MR) is 98.3 cm³/mol. The fourth-order valence-electron chi connectivity index (χ4n) is 4.19. The van der Waals surface area contributed by atoms with Crippen molar-refractivity contribution in [3.63, 3.8) is 0 Å². The summed E-state index contributed by atoms with van der Waals surface area (Å²) in [4.78, 5) is 13.6. The van der Waals surface area contributed by atoms with Gasteiger partial charge >= 0.3 is 0 Å². The van der Waals surface area contributed by atoms with E-state index in [1.54, 1.807) is 6.92 Å². The van der Waals surface area contributed by atoms with Gasteiger partial charge in [-0.3, -0.25) is 4.79 Å². The van der Waals surface area contributed by atoms with E-state index in [2.05, 4.69) is 48.8 Å². The lowest BCUT2D eigenvalue weighted by molar-refractivity contribution is -0.116. The summed E-state index contributed by atoms with van der Waals surface area (Å²) < 4.78 is 0. The minimum absolute atomic E-state index is 0.132. The van der Waals surface area contributed by atoms with Gasteiger partial charge in [-0.05, 0) is 78.7 Å². The van der Waals surface area contributed by atoms with Crippen LogP contribution in [0.15, 0.2) is 36.4 Å². The van der Waals surface area contributed by atoms with Crippen LogP contribution in [0, 0.1) is 0 Å². The molecule has 1 unspecified atom stereocenters. The maximum absolute atomic E-state index is 11.7. The number of aryl methyl sites for hydroxylation is 1. The Morgan fingerprint density at radius 3 is 2.67 bits per heavy atom. The van der Waals surface area contributed by atoms with Crippen LogP contribution in [0.25, 0.3) is 11.1 Å². The van der Waals surface area contributed by atoms with E-state index in [-0.39, 0.29) is 5.91 Å². The highest BCUT2D eigenvalue weighted by atomic mass is 16.2. The fraction of sp³-hybridized carbons (Fsp3) is 0.381. The van der Waals surface area contributed by atoms with Crippen molar-refractivity contribution in [3.8, 4) is 11.1 Å². The van der Waals surface area contributed by atoms with Crippen molar-refractivity contribution in [1.82, 2.24) is 5.32 Å². The highest BCUT2D eigenvalue weighted by molar-refractivity contribution is 5.94. The molecule has 1 aliphatic heterocycles. The van der Waals surface area contributed by atoms with Crippen molar-refractivity contribution in [2.24, 2.45) is 0 Å². The Bertz CT molecular complexity index is 796. The Morgan fingerprint density at radius 2 is 1.88 bits per heavy atom. The van der Waals surface area contributed by atoms with Crippen molar-refractivity contribution in [3.05, 3.63) is 53.1 Å². The van der Waals surface area contributed by atoms with Gasteiger partial charge in [0, 0.05) is 25.2 Å². The van der Waals surface area contributed by atoms with Gasteiger partial charge in [-0.2, -0.15) is 0 Å². The molecule has 3 nitrogen and oxygen atoms in total. The summed E-state index contributed by atoms with van der Waals surface area (Å²) in [6.45, 7) is 2.45. The zero-order valence-electron chi connectivity index (χ0n) is 14.4. The summed E-state index contributed by atoms with van der Waals surface area (Å²) in [6.07, 6.45) is 4.61. The van der Waals surface area contributed by atoms with E-state index >= 15 is 0 Å². The molecule has 0 spiro atoms. The quantitative estimate of drug-likeness (QED) is 0.911. The van der Waals surface area contributed by atoms with Gasteiger partial charge in [0.2, 0.25) is 5.91 Å². The summed E-state index contributed by atoms with van der Waals surface area (Å²) in [7, 11) is 2.05. The van der Waals surface area contributed by atoms with Gasteiger partial charge in [-0.15, -0.1) is 0 Å². The highest BCUT2D eigenvalue weighted by Gasteiger charge is 2.23. The van der Waals surface area contributed by atoms with Crippen molar-refractivity contribution < 1.29 is 4.79 Å². The molecule has 1 N–H and O–H groups in total. The molecule has 0 bridgehead atoms. The van der Waals surface area contributed by atoms with E-state index in [9.17, 15) is 4.79 Å². The number of rotatable bonds is 2. The minimum atomic E-state index is 0.132. The molecule has 3 heteroatoms. The average molecular weight is 320 g/mol. The standard InChI is InChI=1S/C21H24N2O/c1-14(24)23-11-10-18-12-16(8-9-21(18)23)17-7-6-15-4-3-5-20(22-2)19(15)13-17/h6-9,12-13,20,22H,3-5,10-11H2,1-2H3. The first-order chi connectivity index (χ1) is 11.7. The van der Waals surface area contributed by atoms with Gasteiger partial charge in [-0.25, -0.2) is 0 Å². The largest absolute Gasteiger partial charge is 0.313 e. The van der Waals surface area contributed by atoms with Crippen LogP contribution in [0.1, 0.15) is 42.5 Å². The van der Waals surface area contributed by atoms with Gasteiger partial charge in [0.05, 0.1) is 0 Å². The van der Waals surface area contributed by atoms with Gasteiger partial charge in [0.1, 0.15) is 0 Å². The van der Waals surface area contributed by atoms with Gasteiger partial charge in [0.25, 0.3) is 0 Å². The zero-order chi connectivity index (χ0) is 16.7. The van der Waals surface area contributed by atoms with Crippen molar-refractivity contribution in [2.45, 2.75) is 38.6 Å². The fourth-order valence-corrected chi connectivity index (χ4v) is 4.19. The predicted octanol–water partition coefficient (Wildman–Crippen LogP) is 3.86. The molecule has 2 aromatic carbocycles. The second-order valence-corrected chi connectivity index (χ2v) is 6.91.